The van der Waals surface area contributed by atoms with Crippen molar-refractivity contribution in [1.82, 2.24) is 10.2 Å². The van der Waals surface area contributed by atoms with Gasteiger partial charge in [0.1, 0.15) is 0 Å². The van der Waals surface area contributed by atoms with Crippen molar-refractivity contribution < 1.29 is 4.79 Å². The maximum absolute atomic E-state index is 11.2. The van der Waals surface area contributed by atoms with E-state index in [2.05, 4.69) is 10.3 Å². The average Bonchev–Trinajstić information content (AvgIpc) is 2.81. The third-order valence-corrected chi connectivity index (χ3v) is 3.75. The van der Waals surface area contributed by atoms with Crippen LogP contribution in [0.2, 0.25) is 0 Å². The minimum absolute atomic E-state index is 0.0574. The second kappa shape index (κ2) is 6.54. The molecule has 0 saturated carbocycles. The van der Waals surface area contributed by atoms with Gasteiger partial charge in [0, 0.05) is 31.8 Å². The van der Waals surface area contributed by atoms with Crippen molar-refractivity contribution in [3.05, 3.63) is 0 Å². The topological polar surface area (TPSA) is 94.6 Å². The maximum Gasteiger partial charge on any atom is 0.219 e. The molecule has 0 aromatic carbocycles. The Labute approximate surface area is 113 Å². The fourth-order valence-electron chi connectivity index (χ4n) is 2.72. The summed E-state index contributed by atoms with van der Waals surface area (Å²) >= 11 is 0. The van der Waals surface area contributed by atoms with Gasteiger partial charge in [-0.25, -0.2) is 0 Å². The third kappa shape index (κ3) is 3.94. The maximum atomic E-state index is 11.2. The minimum atomic E-state index is -0.289. The first-order valence-electron chi connectivity index (χ1n) is 7.06. The predicted molar refractivity (Wildman–Crippen MR) is 75.2 cm³/mol. The second-order valence-corrected chi connectivity index (χ2v) is 5.25. The van der Waals surface area contributed by atoms with E-state index < -0.39 is 0 Å². The summed E-state index contributed by atoms with van der Waals surface area (Å²) in [5, 5.41) is 11.4. The Balaban J connectivity index is 1.96. The van der Waals surface area contributed by atoms with Gasteiger partial charge in [-0.15, -0.1) is 0 Å². The number of nitrogens with zero attached hydrogens (tertiary/aromatic N) is 2. The molecular formula is C13H23N5O. The van der Waals surface area contributed by atoms with Crippen LogP contribution in [0.3, 0.4) is 0 Å². The fraction of sp³-hybridized carbons (Fsp3) is 0.769. The number of hydrogen-bond donors (Lipinski definition) is 3. The molecule has 1 amide bonds. The summed E-state index contributed by atoms with van der Waals surface area (Å²) in [5.74, 6) is 1.34. The highest BCUT2D eigenvalue weighted by atomic mass is 16.1. The van der Waals surface area contributed by atoms with Crippen molar-refractivity contribution >= 4 is 17.6 Å². The molecule has 0 spiro atoms. The highest BCUT2D eigenvalue weighted by Gasteiger charge is 2.25. The molecule has 106 valence electrons. The highest BCUT2D eigenvalue weighted by molar-refractivity contribution is 5.85. The van der Waals surface area contributed by atoms with Gasteiger partial charge in [0.25, 0.3) is 0 Å². The molecule has 19 heavy (non-hydrogen) atoms. The number of carbonyl (C=O) groups excluding carboxylic acids is 1. The van der Waals surface area contributed by atoms with Crippen LogP contribution in [0.15, 0.2) is 4.99 Å². The minimum Gasteiger partial charge on any atom is -0.370 e. The van der Waals surface area contributed by atoms with Crippen molar-refractivity contribution in [3.63, 3.8) is 0 Å². The molecule has 0 bridgehead atoms. The Morgan fingerprint density at radius 2 is 2.26 bits per heavy atom. The number of amides is 1. The van der Waals surface area contributed by atoms with E-state index in [9.17, 15) is 4.79 Å². The molecule has 6 heteroatoms. The smallest absolute Gasteiger partial charge is 0.219 e. The molecule has 0 aliphatic carbocycles. The number of likely N-dealkylation sites (tertiary alicyclic amines) is 1. The van der Waals surface area contributed by atoms with Gasteiger partial charge in [0.15, 0.2) is 0 Å². The standard InChI is InChI=1S/C13H23N5O/c14-11-5-2-1-4-10(8-12(15)19)18(11)9-17-13-6-3-7-16-13/h10,14H,1-9H2,(H2,15,19)(H,16,17). The molecule has 2 aliphatic heterocycles. The zero-order chi connectivity index (χ0) is 13.7. The SMILES string of the molecule is N=C1CCCCC(CC(N)=O)N1CNC1=NCCC1. The van der Waals surface area contributed by atoms with Gasteiger partial charge in [0.05, 0.1) is 18.3 Å². The van der Waals surface area contributed by atoms with Crippen LogP contribution >= 0.6 is 0 Å². The third-order valence-electron chi connectivity index (χ3n) is 3.75. The van der Waals surface area contributed by atoms with Crippen molar-refractivity contribution in [1.29, 1.82) is 5.41 Å². The fourth-order valence-corrected chi connectivity index (χ4v) is 2.72. The molecule has 2 rings (SSSR count). The molecule has 1 atom stereocenters. The molecule has 4 N–H and O–H groups in total. The first kappa shape index (κ1) is 13.8. The van der Waals surface area contributed by atoms with E-state index in [1.165, 1.54) is 0 Å². The largest absolute Gasteiger partial charge is 0.370 e. The molecule has 0 aromatic heterocycles. The van der Waals surface area contributed by atoms with E-state index >= 15 is 0 Å². The molecule has 6 nitrogen and oxygen atoms in total. The Morgan fingerprint density at radius 1 is 1.42 bits per heavy atom. The van der Waals surface area contributed by atoms with Crippen LogP contribution in [0.4, 0.5) is 0 Å². The Morgan fingerprint density at radius 3 is 2.95 bits per heavy atom. The number of primary amides is 1. The van der Waals surface area contributed by atoms with Crippen LogP contribution in [-0.4, -0.2) is 41.7 Å². The number of rotatable bonds is 4. The molecule has 1 saturated heterocycles. The summed E-state index contributed by atoms with van der Waals surface area (Å²) in [6, 6.07) is 0.0574. The summed E-state index contributed by atoms with van der Waals surface area (Å²) in [6.45, 7) is 1.46. The molecule has 1 fully saturated rings. The summed E-state index contributed by atoms with van der Waals surface area (Å²) < 4.78 is 0. The van der Waals surface area contributed by atoms with Crippen LogP contribution in [0.5, 0.6) is 0 Å². The predicted octanol–water partition coefficient (Wildman–Crippen LogP) is 0.823. The Kier molecular flexibility index (Phi) is 4.76. The van der Waals surface area contributed by atoms with E-state index in [0.717, 1.165) is 50.9 Å². The Hall–Kier alpha value is -1.59. The van der Waals surface area contributed by atoms with E-state index in [-0.39, 0.29) is 11.9 Å². The van der Waals surface area contributed by atoms with Gasteiger partial charge >= 0.3 is 0 Å². The molecular weight excluding hydrogens is 242 g/mol. The van der Waals surface area contributed by atoms with Crippen LogP contribution in [-0.2, 0) is 4.79 Å². The number of carbonyl (C=O) groups is 1. The summed E-state index contributed by atoms with van der Waals surface area (Å²) in [5.41, 5.74) is 5.32. The van der Waals surface area contributed by atoms with Gasteiger partial charge in [-0.1, -0.05) is 6.42 Å². The van der Waals surface area contributed by atoms with Gasteiger partial charge in [-0.05, 0) is 19.3 Å². The van der Waals surface area contributed by atoms with Crippen LogP contribution in [0.25, 0.3) is 0 Å². The number of nitrogens with one attached hydrogen (secondary N) is 2. The van der Waals surface area contributed by atoms with Crippen LogP contribution < -0.4 is 11.1 Å². The summed E-state index contributed by atoms with van der Waals surface area (Å²) in [7, 11) is 0. The zero-order valence-electron chi connectivity index (χ0n) is 11.3. The number of amidine groups is 2. The first-order chi connectivity index (χ1) is 9.16. The zero-order valence-corrected chi connectivity index (χ0v) is 11.3. The van der Waals surface area contributed by atoms with E-state index in [4.69, 9.17) is 11.1 Å². The van der Waals surface area contributed by atoms with Gasteiger partial charge in [0.2, 0.25) is 5.91 Å². The molecule has 1 unspecified atom stereocenters. The van der Waals surface area contributed by atoms with E-state index in [1.54, 1.807) is 0 Å². The lowest BCUT2D eigenvalue weighted by Crippen LogP contribution is -2.47. The van der Waals surface area contributed by atoms with Crippen molar-refractivity contribution in [2.75, 3.05) is 13.2 Å². The first-order valence-corrected chi connectivity index (χ1v) is 7.06. The lowest BCUT2D eigenvalue weighted by atomic mass is 10.1. The van der Waals surface area contributed by atoms with Gasteiger partial charge in [-0.3, -0.25) is 15.2 Å². The van der Waals surface area contributed by atoms with Crippen molar-refractivity contribution in [2.45, 2.75) is 51.0 Å². The van der Waals surface area contributed by atoms with E-state index in [0.29, 0.717) is 18.9 Å². The monoisotopic (exact) mass is 265 g/mol. The summed E-state index contributed by atoms with van der Waals surface area (Å²) in [4.78, 5) is 17.5. The highest BCUT2D eigenvalue weighted by Crippen LogP contribution is 2.19. The molecule has 2 heterocycles. The lowest BCUT2D eigenvalue weighted by molar-refractivity contribution is -0.119. The number of nitrogens with two attached hydrogens (primary N) is 1. The van der Waals surface area contributed by atoms with Gasteiger partial charge < -0.3 is 16.0 Å². The number of aliphatic imine (C=N–C) groups is 1. The van der Waals surface area contributed by atoms with Crippen molar-refractivity contribution in [2.24, 2.45) is 10.7 Å². The second-order valence-electron chi connectivity index (χ2n) is 5.25. The summed E-state index contributed by atoms with van der Waals surface area (Å²) in [6.07, 6.45) is 6.20. The van der Waals surface area contributed by atoms with Gasteiger partial charge in [-0.2, -0.15) is 0 Å². The quantitative estimate of drug-likeness (QED) is 0.702. The normalized spacial score (nSPS) is 24.0. The number of hydrogen-bond acceptors (Lipinski definition) is 4. The molecule has 0 radical (unpaired) electrons. The Bertz CT molecular complexity index is 379. The lowest BCUT2D eigenvalue weighted by Gasteiger charge is -2.31. The van der Waals surface area contributed by atoms with Crippen LogP contribution in [0.1, 0.15) is 44.9 Å². The molecule has 0 aromatic rings. The van der Waals surface area contributed by atoms with Crippen LogP contribution in [0, 0.1) is 5.41 Å². The van der Waals surface area contributed by atoms with E-state index in [1.807, 2.05) is 4.90 Å². The van der Waals surface area contributed by atoms with Crippen molar-refractivity contribution in [3.8, 4) is 0 Å². The average molecular weight is 265 g/mol. The molecule has 2 aliphatic rings.